The van der Waals surface area contributed by atoms with Crippen molar-refractivity contribution in [3.8, 4) is 0 Å². The van der Waals surface area contributed by atoms with Gasteiger partial charge in [0.05, 0.1) is 5.56 Å². The average molecular weight is 267 g/mol. The highest BCUT2D eigenvalue weighted by Crippen LogP contribution is 2.22. The van der Waals surface area contributed by atoms with Crippen molar-refractivity contribution in [1.29, 1.82) is 0 Å². The first kappa shape index (κ1) is 13.5. The highest BCUT2D eigenvalue weighted by Gasteiger charge is 2.30. The molecule has 5 nitrogen and oxygen atoms in total. The lowest BCUT2D eigenvalue weighted by Crippen LogP contribution is -2.31. The highest BCUT2D eigenvalue weighted by atomic mass is 19.1. The molecule has 1 aromatic carbocycles. The van der Waals surface area contributed by atoms with Gasteiger partial charge in [0.15, 0.2) is 0 Å². The molecule has 2 rings (SSSR count). The van der Waals surface area contributed by atoms with Gasteiger partial charge in [-0.2, -0.15) is 0 Å². The van der Waals surface area contributed by atoms with Gasteiger partial charge >= 0.3 is 5.97 Å². The number of halogens is 1. The molecule has 102 valence electrons. The third kappa shape index (κ3) is 2.90. The largest absolute Gasteiger partial charge is 0.478 e. The van der Waals surface area contributed by atoms with Gasteiger partial charge in [0.2, 0.25) is 0 Å². The van der Waals surface area contributed by atoms with E-state index in [9.17, 15) is 14.0 Å². The molecule has 1 amide bonds. The average Bonchev–Trinajstić information content (AvgIpc) is 2.75. The Balaban J connectivity index is 2.09. The summed E-state index contributed by atoms with van der Waals surface area (Å²) in [6.45, 7) is 2.44. The molecule has 1 fully saturated rings. The zero-order valence-electron chi connectivity index (χ0n) is 10.4. The fourth-order valence-electron chi connectivity index (χ4n) is 2.01. The number of carboxylic acids is 1. The molecule has 0 saturated carbocycles. The van der Waals surface area contributed by atoms with Crippen molar-refractivity contribution in [3.63, 3.8) is 0 Å². The Hall–Kier alpha value is -1.95. The number of rotatable bonds is 3. The Bertz CT molecular complexity index is 517. The Kier molecular flexibility index (Phi) is 3.80. The highest BCUT2D eigenvalue weighted by molar-refractivity contribution is 5.95. The van der Waals surface area contributed by atoms with E-state index in [-0.39, 0.29) is 17.5 Å². The number of carbonyl (C=O) groups is 2. The standard InChI is InChI=1S/C13H14FNO4/c1-7-4-5-19-11(7)12(16)15-8-2-3-9(13(17)18)10(14)6-8/h2-3,6-7,11H,4-5H2,1H3,(H,15,16)(H,17,18). The summed E-state index contributed by atoms with van der Waals surface area (Å²) in [5.74, 6) is -2.45. The van der Waals surface area contributed by atoms with Crippen molar-refractivity contribution in [3.05, 3.63) is 29.6 Å². The number of aromatic carboxylic acids is 1. The van der Waals surface area contributed by atoms with E-state index in [1.165, 1.54) is 6.07 Å². The first-order valence-electron chi connectivity index (χ1n) is 5.94. The maximum absolute atomic E-state index is 13.4. The summed E-state index contributed by atoms with van der Waals surface area (Å²) in [6, 6.07) is 3.46. The van der Waals surface area contributed by atoms with Crippen LogP contribution in [-0.2, 0) is 9.53 Å². The summed E-state index contributed by atoms with van der Waals surface area (Å²) in [5.41, 5.74) is -0.210. The van der Waals surface area contributed by atoms with Crippen LogP contribution in [-0.4, -0.2) is 29.7 Å². The summed E-state index contributed by atoms with van der Waals surface area (Å²) < 4.78 is 18.7. The summed E-state index contributed by atoms with van der Waals surface area (Å²) in [4.78, 5) is 22.5. The molecule has 1 aromatic rings. The lowest BCUT2D eigenvalue weighted by Gasteiger charge is -2.14. The number of ether oxygens (including phenoxy) is 1. The van der Waals surface area contributed by atoms with Crippen LogP contribution in [0.5, 0.6) is 0 Å². The molecule has 0 radical (unpaired) electrons. The van der Waals surface area contributed by atoms with Gasteiger partial charge in [-0.15, -0.1) is 0 Å². The predicted octanol–water partition coefficient (Wildman–Crippen LogP) is 1.89. The summed E-state index contributed by atoms with van der Waals surface area (Å²) in [5, 5.41) is 11.2. The molecule has 2 atom stereocenters. The fraction of sp³-hybridized carbons (Fsp3) is 0.385. The lowest BCUT2D eigenvalue weighted by molar-refractivity contribution is -0.126. The number of carboxylic acid groups (broad SMARTS) is 1. The minimum absolute atomic E-state index is 0.114. The topological polar surface area (TPSA) is 75.6 Å². The van der Waals surface area contributed by atoms with Gasteiger partial charge in [0.25, 0.3) is 5.91 Å². The zero-order chi connectivity index (χ0) is 14.0. The van der Waals surface area contributed by atoms with Crippen molar-refractivity contribution in [2.24, 2.45) is 5.92 Å². The van der Waals surface area contributed by atoms with Crippen LogP contribution in [0, 0.1) is 11.7 Å². The molecule has 1 heterocycles. The van der Waals surface area contributed by atoms with E-state index in [0.29, 0.717) is 6.61 Å². The number of amides is 1. The van der Waals surface area contributed by atoms with E-state index in [1.807, 2.05) is 6.92 Å². The molecule has 19 heavy (non-hydrogen) atoms. The number of hydrogen-bond donors (Lipinski definition) is 2. The van der Waals surface area contributed by atoms with Gasteiger partial charge in [-0.05, 0) is 30.5 Å². The Morgan fingerprint density at radius 3 is 2.74 bits per heavy atom. The van der Waals surface area contributed by atoms with E-state index in [4.69, 9.17) is 9.84 Å². The minimum Gasteiger partial charge on any atom is -0.478 e. The first-order valence-corrected chi connectivity index (χ1v) is 5.94. The van der Waals surface area contributed by atoms with Crippen molar-refractivity contribution < 1.29 is 23.8 Å². The van der Waals surface area contributed by atoms with E-state index in [2.05, 4.69) is 5.32 Å². The second kappa shape index (κ2) is 5.36. The molecule has 0 bridgehead atoms. The minimum atomic E-state index is -1.34. The van der Waals surface area contributed by atoms with E-state index >= 15 is 0 Å². The monoisotopic (exact) mass is 267 g/mol. The van der Waals surface area contributed by atoms with Gasteiger partial charge in [-0.3, -0.25) is 4.79 Å². The number of nitrogens with one attached hydrogen (secondary N) is 1. The zero-order valence-corrected chi connectivity index (χ0v) is 10.4. The third-order valence-corrected chi connectivity index (χ3v) is 3.11. The van der Waals surface area contributed by atoms with Gasteiger partial charge in [-0.1, -0.05) is 6.92 Å². The van der Waals surface area contributed by atoms with Crippen LogP contribution in [0.15, 0.2) is 18.2 Å². The molecule has 2 unspecified atom stereocenters. The normalized spacial score (nSPS) is 22.2. The predicted molar refractivity (Wildman–Crippen MR) is 65.5 cm³/mol. The van der Waals surface area contributed by atoms with Crippen LogP contribution >= 0.6 is 0 Å². The molecule has 1 aliphatic rings. The fourth-order valence-corrected chi connectivity index (χ4v) is 2.01. The van der Waals surface area contributed by atoms with Crippen LogP contribution in [0.3, 0.4) is 0 Å². The number of anilines is 1. The number of carbonyl (C=O) groups excluding carboxylic acids is 1. The van der Waals surface area contributed by atoms with Gasteiger partial charge in [0.1, 0.15) is 11.9 Å². The lowest BCUT2D eigenvalue weighted by atomic mass is 10.0. The van der Waals surface area contributed by atoms with Crippen LogP contribution in [0.25, 0.3) is 0 Å². The molecule has 0 aromatic heterocycles. The van der Waals surface area contributed by atoms with Crippen LogP contribution in [0.4, 0.5) is 10.1 Å². The van der Waals surface area contributed by atoms with Crippen molar-refractivity contribution >= 4 is 17.6 Å². The van der Waals surface area contributed by atoms with Crippen molar-refractivity contribution in [2.75, 3.05) is 11.9 Å². The SMILES string of the molecule is CC1CCOC1C(=O)Nc1ccc(C(=O)O)c(F)c1. The van der Waals surface area contributed by atoms with E-state index < -0.39 is 23.5 Å². The third-order valence-electron chi connectivity index (χ3n) is 3.11. The van der Waals surface area contributed by atoms with E-state index in [0.717, 1.165) is 18.6 Å². The second-order valence-corrected chi connectivity index (χ2v) is 4.55. The quantitative estimate of drug-likeness (QED) is 0.876. The molecular formula is C13H14FNO4. The number of hydrogen-bond acceptors (Lipinski definition) is 3. The Morgan fingerprint density at radius 2 is 2.21 bits per heavy atom. The van der Waals surface area contributed by atoms with Crippen molar-refractivity contribution in [2.45, 2.75) is 19.4 Å². The molecule has 0 aliphatic carbocycles. The van der Waals surface area contributed by atoms with Crippen LogP contribution < -0.4 is 5.32 Å². The summed E-state index contributed by atoms with van der Waals surface area (Å²) >= 11 is 0. The molecule has 6 heteroatoms. The second-order valence-electron chi connectivity index (χ2n) is 4.55. The van der Waals surface area contributed by atoms with Crippen molar-refractivity contribution in [1.82, 2.24) is 0 Å². The molecule has 1 saturated heterocycles. The molecular weight excluding hydrogens is 253 g/mol. The first-order chi connectivity index (χ1) is 8.99. The maximum Gasteiger partial charge on any atom is 0.338 e. The maximum atomic E-state index is 13.4. The Labute approximate surface area is 109 Å². The van der Waals surface area contributed by atoms with Crippen LogP contribution in [0.2, 0.25) is 0 Å². The van der Waals surface area contributed by atoms with Gasteiger partial charge in [0, 0.05) is 12.3 Å². The number of benzene rings is 1. The Morgan fingerprint density at radius 1 is 1.47 bits per heavy atom. The summed E-state index contributed by atoms with van der Waals surface area (Å²) in [7, 11) is 0. The smallest absolute Gasteiger partial charge is 0.338 e. The van der Waals surface area contributed by atoms with E-state index in [1.54, 1.807) is 0 Å². The molecule has 0 spiro atoms. The van der Waals surface area contributed by atoms with Gasteiger partial charge < -0.3 is 15.2 Å². The summed E-state index contributed by atoms with van der Waals surface area (Å²) in [6.07, 6.45) is 0.270. The van der Waals surface area contributed by atoms with Crippen LogP contribution in [0.1, 0.15) is 23.7 Å². The van der Waals surface area contributed by atoms with Gasteiger partial charge in [-0.25, -0.2) is 9.18 Å². The molecule has 2 N–H and O–H groups in total. The molecule has 1 aliphatic heterocycles.